The Balaban J connectivity index is 2.13. The first-order valence-electron chi connectivity index (χ1n) is 7.23. The van der Waals surface area contributed by atoms with E-state index >= 15 is 0 Å². The summed E-state index contributed by atoms with van der Waals surface area (Å²) in [6.07, 6.45) is -3.90. The molecule has 1 aliphatic heterocycles. The lowest BCUT2D eigenvalue weighted by atomic mass is 9.94. The molecule has 0 aromatic rings. The largest absolute Gasteiger partial charge is 0.466 e. The number of carbonyl (C=O) groups is 1. The van der Waals surface area contributed by atoms with E-state index in [4.69, 9.17) is 14.6 Å². The molecule has 22 heavy (non-hydrogen) atoms. The molecule has 0 aromatic heterocycles. The standard InChI is InChI=1S/C15H22O7/c1-7-3-4-9(10(17)5-7)8(2)21-15-14(20)13(19)12(18)11(6-16)22-15/h5,11-16,18-20H,3-4,6H2,1-2H3/b9-8+/t11-,12-,13+,14-,15-/m1/s1. The Kier molecular flexibility index (Phi) is 5.36. The van der Waals surface area contributed by atoms with Crippen molar-refractivity contribution in [3.8, 4) is 0 Å². The summed E-state index contributed by atoms with van der Waals surface area (Å²) in [5.74, 6) is 0.156. The predicted octanol–water partition coefficient (Wildman–Crippen LogP) is -0.614. The minimum absolute atomic E-state index is 0.147. The van der Waals surface area contributed by atoms with Crippen molar-refractivity contribution in [1.82, 2.24) is 0 Å². The molecule has 1 fully saturated rings. The minimum atomic E-state index is -1.50. The lowest BCUT2D eigenvalue weighted by Crippen LogP contribution is -2.59. The molecule has 0 spiro atoms. The number of rotatable bonds is 3. The van der Waals surface area contributed by atoms with Gasteiger partial charge in [0.1, 0.15) is 30.2 Å². The number of aliphatic hydroxyl groups is 4. The van der Waals surface area contributed by atoms with Crippen LogP contribution >= 0.6 is 0 Å². The maximum atomic E-state index is 12.0. The zero-order valence-corrected chi connectivity index (χ0v) is 12.6. The Bertz CT molecular complexity index is 494. The van der Waals surface area contributed by atoms with Crippen molar-refractivity contribution < 1.29 is 34.7 Å². The zero-order valence-electron chi connectivity index (χ0n) is 12.6. The summed E-state index contributed by atoms with van der Waals surface area (Å²) in [6.45, 7) is 2.94. The summed E-state index contributed by atoms with van der Waals surface area (Å²) in [7, 11) is 0. The van der Waals surface area contributed by atoms with Crippen molar-refractivity contribution >= 4 is 5.78 Å². The van der Waals surface area contributed by atoms with Crippen molar-refractivity contribution in [2.75, 3.05) is 6.61 Å². The molecule has 1 heterocycles. The smallest absolute Gasteiger partial charge is 0.228 e. The van der Waals surface area contributed by atoms with E-state index in [9.17, 15) is 20.1 Å². The van der Waals surface area contributed by atoms with Crippen LogP contribution in [0, 0.1) is 0 Å². The Morgan fingerprint density at radius 3 is 2.55 bits per heavy atom. The molecule has 4 N–H and O–H groups in total. The SMILES string of the molecule is CC1=CC(=O)/C(=C(\C)O[C@@H]2O[C@H](CO)[C@@H](O)[C@H](O)[C@H]2O)CC1. The maximum absolute atomic E-state index is 12.0. The van der Waals surface area contributed by atoms with Gasteiger partial charge in [-0.1, -0.05) is 5.57 Å². The number of allylic oxidation sites excluding steroid dienone is 4. The normalized spacial score (nSPS) is 38.5. The first kappa shape index (κ1) is 17.1. The fourth-order valence-electron chi connectivity index (χ4n) is 2.59. The molecule has 0 aromatic carbocycles. The van der Waals surface area contributed by atoms with Crippen LogP contribution in [-0.4, -0.2) is 63.5 Å². The third-order valence-corrected chi connectivity index (χ3v) is 4.01. The van der Waals surface area contributed by atoms with E-state index in [-0.39, 0.29) is 5.78 Å². The Morgan fingerprint density at radius 2 is 1.95 bits per heavy atom. The molecular formula is C15H22O7. The van der Waals surface area contributed by atoms with E-state index in [1.165, 1.54) is 0 Å². The molecule has 0 bridgehead atoms. The van der Waals surface area contributed by atoms with Gasteiger partial charge in [0.25, 0.3) is 0 Å². The van der Waals surface area contributed by atoms with Crippen molar-refractivity contribution in [2.24, 2.45) is 0 Å². The monoisotopic (exact) mass is 314 g/mol. The van der Waals surface area contributed by atoms with Crippen LogP contribution in [0.5, 0.6) is 0 Å². The highest BCUT2D eigenvalue weighted by atomic mass is 16.7. The number of ketones is 1. The molecule has 0 amide bonds. The van der Waals surface area contributed by atoms with Gasteiger partial charge in [0, 0.05) is 5.57 Å². The fourth-order valence-corrected chi connectivity index (χ4v) is 2.59. The van der Waals surface area contributed by atoms with E-state index in [1.807, 2.05) is 6.92 Å². The van der Waals surface area contributed by atoms with Gasteiger partial charge in [-0.25, -0.2) is 0 Å². The molecule has 2 aliphatic rings. The second-order valence-electron chi connectivity index (χ2n) is 5.70. The second kappa shape index (κ2) is 6.89. The lowest BCUT2D eigenvalue weighted by molar-refractivity contribution is -0.291. The number of ether oxygens (including phenoxy) is 2. The Morgan fingerprint density at radius 1 is 1.27 bits per heavy atom. The van der Waals surface area contributed by atoms with Crippen molar-refractivity contribution in [3.63, 3.8) is 0 Å². The van der Waals surface area contributed by atoms with E-state index in [0.717, 1.165) is 12.0 Å². The average Bonchev–Trinajstić information content (AvgIpc) is 2.47. The Hall–Kier alpha value is -1.25. The van der Waals surface area contributed by atoms with Gasteiger partial charge >= 0.3 is 0 Å². The van der Waals surface area contributed by atoms with Crippen LogP contribution in [0.3, 0.4) is 0 Å². The van der Waals surface area contributed by atoms with Gasteiger partial charge in [-0.05, 0) is 32.8 Å². The molecule has 124 valence electrons. The average molecular weight is 314 g/mol. The summed E-state index contributed by atoms with van der Waals surface area (Å²) in [4.78, 5) is 12.0. The van der Waals surface area contributed by atoms with Gasteiger partial charge < -0.3 is 29.9 Å². The van der Waals surface area contributed by atoms with Crippen LogP contribution in [0.2, 0.25) is 0 Å². The van der Waals surface area contributed by atoms with Crippen LogP contribution in [0.1, 0.15) is 26.7 Å². The third-order valence-electron chi connectivity index (χ3n) is 4.01. The van der Waals surface area contributed by atoms with Gasteiger partial charge in [-0.2, -0.15) is 0 Å². The van der Waals surface area contributed by atoms with Crippen molar-refractivity contribution in [1.29, 1.82) is 0 Å². The summed E-state index contributed by atoms with van der Waals surface area (Å²) >= 11 is 0. The van der Waals surface area contributed by atoms with Gasteiger partial charge in [0.05, 0.1) is 6.61 Å². The van der Waals surface area contributed by atoms with Crippen LogP contribution < -0.4 is 0 Å². The highest BCUT2D eigenvalue weighted by molar-refractivity contribution is 6.05. The molecular weight excluding hydrogens is 292 g/mol. The predicted molar refractivity (Wildman–Crippen MR) is 75.6 cm³/mol. The number of aliphatic hydroxyl groups excluding tert-OH is 4. The maximum Gasteiger partial charge on any atom is 0.228 e. The van der Waals surface area contributed by atoms with E-state index in [2.05, 4.69) is 0 Å². The lowest BCUT2D eigenvalue weighted by Gasteiger charge is -2.39. The molecule has 1 aliphatic carbocycles. The highest BCUT2D eigenvalue weighted by Gasteiger charge is 2.44. The van der Waals surface area contributed by atoms with Gasteiger partial charge in [0.2, 0.25) is 6.29 Å². The highest BCUT2D eigenvalue weighted by Crippen LogP contribution is 2.27. The molecule has 1 saturated heterocycles. The molecule has 5 atom stereocenters. The van der Waals surface area contributed by atoms with Gasteiger partial charge in [-0.15, -0.1) is 0 Å². The van der Waals surface area contributed by atoms with Crippen LogP contribution in [0.15, 0.2) is 23.0 Å². The first-order chi connectivity index (χ1) is 10.3. The second-order valence-corrected chi connectivity index (χ2v) is 5.70. The molecule has 7 heteroatoms. The van der Waals surface area contributed by atoms with Gasteiger partial charge in [0.15, 0.2) is 5.78 Å². The number of hydrogen-bond acceptors (Lipinski definition) is 7. The molecule has 2 rings (SSSR count). The minimum Gasteiger partial charge on any atom is -0.466 e. The molecule has 0 saturated carbocycles. The van der Waals surface area contributed by atoms with Crippen LogP contribution in [0.4, 0.5) is 0 Å². The molecule has 7 nitrogen and oxygen atoms in total. The van der Waals surface area contributed by atoms with E-state index < -0.39 is 37.3 Å². The third kappa shape index (κ3) is 3.39. The number of hydrogen-bond donors (Lipinski definition) is 4. The molecule has 0 unspecified atom stereocenters. The summed E-state index contributed by atoms with van der Waals surface area (Å²) in [6, 6.07) is 0. The van der Waals surface area contributed by atoms with Crippen LogP contribution in [0.25, 0.3) is 0 Å². The summed E-state index contributed by atoms with van der Waals surface area (Å²) < 4.78 is 10.7. The fraction of sp³-hybridized carbons (Fsp3) is 0.667. The van der Waals surface area contributed by atoms with E-state index in [1.54, 1.807) is 13.0 Å². The van der Waals surface area contributed by atoms with Gasteiger partial charge in [-0.3, -0.25) is 4.79 Å². The van der Waals surface area contributed by atoms with Crippen molar-refractivity contribution in [3.05, 3.63) is 23.0 Å². The van der Waals surface area contributed by atoms with Crippen LogP contribution in [-0.2, 0) is 14.3 Å². The Labute approximate surface area is 128 Å². The zero-order chi connectivity index (χ0) is 16.4. The quantitative estimate of drug-likeness (QED) is 0.405. The summed E-state index contributed by atoms with van der Waals surface area (Å²) in [5, 5.41) is 38.5. The molecule has 0 radical (unpaired) electrons. The first-order valence-corrected chi connectivity index (χ1v) is 7.23. The van der Waals surface area contributed by atoms with E-state index in [0.29, 0.717) is 17.8 Å². The number of carbonyl (C=O) groups excluding carboxylic acids is 1. The topological polar surface area (TPSA) is 116 Å². The summed E-state index contributed by atoms with van der Waals surface area (Å²) in [5.41, 5.74) is 1.48. The van der Waals surface area contributed by atoms with Crippen molar-refractivity contribution in [2.45, 2.75) is 57.4 Å².